The lowest BCUT2D eigenvalue weighted by molar-refractivity contribution is -0.124. The van der Waals surface area contributed by atoms with Gasteiger partial charge in [-0.25, -0.2) is 9.67 Å². The number of aromatic nitrogens is 3. The second-order valence-electron chi connectivity index (χ2n) is 4.04. The van der Waals surface area contributed by atoms with E-state index in [9.17, 15) is 4.79 Å². The molecule has 0 spiro atoms. The van der Waals surface area contributed by atoms with Crippen LogP contribution < -0.4 is 11.1 Å². The molecule has 1 amide bonds. The van der Waals surface area contributed by atoms with Crippen molar-refractivity contribution in [3.8, 4) is 11.8 Å². The van der Waals surface area contributed by atoms with Crippen LogP contribution in [-0.4, -0.2) is 27.2 Å². The summed E-state index contributed by atoms with van der Waals surface area (Å²) in [6.45, 7) is 2.60. The molecule has 0 bridgehead atoms. The molecule has 2 aromatic rings. The molecule has 0 saturated heterocycles. The summed E-state index contributed by atoms with van der Waals surface area (Å²) in [5.74, 6) is 5.67. The third-order valence-electron chi connectivity index (χ3n) is 2.63. The first-order valence-electron chi connectivity index (χ1n) is 6.10. The van der Waals surface area contributed by atoms with Crippen molar-refractivity contribution in [2.75, 3.05) is 6.54 Å². The summed E-state index contributed by atoms with van der Waals surface area (Å²) in [7, 11) is 0. The first-order chi connectivity index (χ1) is 9.70. The maximum absolute atomic E-state index is 12.0. The number of amides is 1. The number of carbonyl (C=O) groups excluding carboxylic acids is 1. The third-order valence-corrected chi connectivity index (χ3v) is 3.63. The Labute approximate surface area is 121 Å². The zero-order valence-corrected chi connectivity index (χ0v) is 11.9. The molecule has 0 aliphatic carbocycles. The number of carbonyl (C=O) groups is 1. The second-order valence-corrected chi connectivity index (χ2v) is 5.21. The predicted octanol–water partition coefficient (Wildman–Crippen LogP) is 0.527. The Morgan fingerprint density at radius 2 is 2.45 bits per heavy atom. The van der Waals surface area contributed by atoms with E-state index in [2.05, 4.69) is 27.2 Å². The average Bonchev–Trinajstić information content (AvgIpc) is 3.13. The molecular formula is C13H15N5OS. The lowest BCUT2D eigenvalue weighted by atomic mass is 10.3. The van der Waals surface area contributed by atoms with Crippen LogP contribution in [0.3, 0.4) is 0 Å². The van der Waals surface area contributed by atoms with E-state index in [-0.39, 0.29) is 11.9 Å². The van der Waals surface area contributed by atoms with Gasteiger partial charge in [-0.05, 0) is 19.1 Å². The van der Waals surface area contributed by atoms with E-state index >= 15 is 0 Å². The monoisotopic (exact) mass is 289 g/mol. The van der Waals surface area contributed by atoms with E-state index in [4.69, 9.17) is 5.73 Å². The van der Waals surface area contributed by atoms with Crippen LogP contribution in [-0.2, 0) is 11.3 Å². The molecule has 7 heteroatoms. The topological polar surface area (TPSA) is 85.8 Å². The van der Waals surface area contributed by atoms with Crippen molar-refractivity contribution >= 4 is 17.2 Å². The zero-order chi connectivity index (χ0) is 14.4. The maximum atomic E-state index is 12.0. The van der Waals surface area contributed by atoms with Crippen molar-refractivity contribution < 1.29 is 4.79 Å². The fourth-order valence-electron chi connectivity index (χ4n) is 1.54. The molecule has 2 heterocycles. The van der Waals surface area contributed by atoms with Gasteiger partial charge in [0.15, 0.2) is 0 Å². The van der Waals surface area contributed by atoms with Gasteiger partial charge in [0.1, 0.15) is 18.7 Å². The predicted molar refractivity (Wildman–Crippen MR) is 76.8 cm³/mol. The van der Waals surface area contributed by atoms with E-state index in [1.54, 1.807) is 18.3 Å². The summed E-state index contributed by atoms with van der Waals surface area (Å²) in [5.41, 5.74) is 5.32. The molecule has 0 fully saturated rings. The average molecular weight is 289 g/mol. The Kier molecular flexibility index (Phi) is 4.87. The maximum Gasteiger partial charge on any atom is 0.244 e. The summed E-state index contributed by atoms with van der Waals surface area (Å²) in [4.78, 5) is 17.8. The first kappa shape index (κ1) is 14.2. The second kappa shape index (κ2) is 6.84. The fourth-order valence-corrected chi connectivity index (χ4v) is 2.36. The van der Waals surface area contributed by atoms with Crippen LogP contribution in [0, 0.1) is 11.8 Å². The van der Waals surface area contributed by atoms with E-state index in [1.165, 1.54) is 17.3 Å². The van der Waals surface area contributed by atoms with Crippen LogP contribution in [0.2, 0.25) is 0 Å². The van der Waals surface area contributed by atoms with Gasteiger partial charge in [0, 0.05) is 4.88 Å². The van der Waals surface area contributed by atoms with Crippen molar-refractivity contribution in [1.29, 1.82) is 0 Å². The first-order valence-corrected chi connectivity index (χ1v) is 6.92. The van der Waals surface area contributed by atoms with Crippen molar-refractivity contribution in [3.63, 3.8) is 0 Å². The highest BCUT2D eigenvalue weighted by Gasteiger charge is 2.14. The summed E-state index contributed by atoms with van der Waals surface area (Å²) >= 11 is 1.55. The minimum Gasteiger partial charge on any atom is -0.349 e. The molecular weight excluding hydrogens is 274 g/mol. The van der Waals surface area contributed by atoms with Crippen LogP contribution in [0.25, 0.3) is 0 Å². The Bertz CT molecular complexity index is 623. The van der Waals surface area contributed by atoms with Gasteiger partial charge in [-0.1, -0.05) is 11.8 Å². The molecule has 104 valence electrons. The molecule has 0 saturated carbocycles. The van der Waals surface area contributed by atoms with Crippen molar-refractivity contribution in [2.45, 2.75) is 19.5 Å². The Morgan fingerprint density at radius 3 is 3.15 bits per heavy atom. The fraction of sp³-hybridized carbons (Fsp3) is 0.308. The van der Waals surface area contributed by atoms with E-state index < -0.39 is 0 Å². The number of nitrogens with zero attached hydrogens (tertiary/aromatic N) is 3. The Balaban J connectivity index is 1.88. The van der Waals surface area contributed by atoms with Gasteiger partial charge < -0.3 is 11.1 Å². The highest BCUT2D eigenvalue weighted by atomic mass is 32.1. The van der Waals surface area contributed by atoms with Gasteiger partial charge in [0.05, 0.1) is 18.0 Å². The summed E-state index contributed by atoms with van der Waals surface area (Å²) in [5, 5.41) is 6.81. The van der Waals surface area contributed by atoms with E-state index in [0.29, 0.717) is 13.1 Å². The standard InChI is InChI=1S/C13H15N5OS/c1-10(18-9-15-8-17-18)13(19)16-7-12-5-4-11(20-12)3-2-6-14/h4-5,8-10H,6-7,14H2,1H3,(H,16,19). The highest BCUT2D eigenvalue weighted by Crippen LogP contribution is 2.15. The van der Waals surface area contributed by atoms with Crippen LogP contribution in [0.15, 0.2) is 24.8 Å². The summed E-state index contributed by atoms with van der Waals surface area (Å²) in [6, 6.07) is 3.50. The van der Waals surface area contributed by atoms with Crippen LogP contribution in [0.5, 0.6) is 0 Å². The van der Waals surface area contributed by atoms with E-state index in [0.717, 1.165) is 9.75 Å². The molecule has 0 radical (unpaired) electrons. The zero-order valence-electron chi connectivity index (χ0n) is 11.0. The number of nitrogens with two attached hydrogens (primary N) is 1. The van der Waals surface area contributed by atoms with Crippen LogP contribution in [0.4, 0.5) is 0 Å². The number of thiophene rings is 1. The van der Waals surface area contributed by atoms with E-state index in [1.807, 2.05) is 12.1 Å². The molecule has 3 N–H and O–H groups in total. The SMILES string of the molecule is CC(C(=O)NCc1ccc(C#CCN)s1)n1cncn1. The molecule has 0 aliphatic rings. The van der Waals surface area contributed by atoms with Gasteiger partial charge in [0.25, 0.3) is 0 Å². The normalized spacial score (nSPS) is 11.5. The van der Waals surface area contributed by atoms with Gasteiger partial charge in [0.2, 0.25) is 5.91 Å². The molecule has 0 aliphatic heterocycles. The number of hydrogen-bond donors (Lipinski definition) is 2. The quantitative estimate of drug-likeness (QED) is 0.804. The Morgan fingerprint density at radius 1 is 1.60 bits per heavy atom. The van der Waals surface area contributed by atoms with Gasteiger partial charge >= 0.3 is 0 Å². The Hall–Kier alpha value is -2.17. The lowest BCUT2D eigenvalue weighted by Crippen LogP contribution is -2.30. The number of hydrogen-bond acceptors (Lipinski definition) is 5. The number of nitrogens with one attached hydrogen (secondary N) is 1. The summed E-state index contributed by atoms with van der Waals surface area (Å²) in [6.07, 6.45) is 2.93. The molecule has 1 unspecified atom stereocenters. The lowest BCUT2D eigenvalue weighted by Gasteiger charge is -2.11. The summed E-state index contributed by atoms with van der Waals surface area (Å²) < 4.78 is 1.52. The molecule has 2 aromatic heterocycles. The molecule has 1 atom stereocenters. The van der Waals surface area contributed by atoms with Gasteiger partial charge in [-0.3, -0.25) is 4.79 Å². The third kappa shape index (κ3) is 3.66. The minimum atomic E-state index is -0.381. The van der Waals surface area contributed by atoms with Gasteiger partial charge in [-0.15, -0.1) is 11.3 Å². The largest absolute Gasteiger partial charge is 0.349 e. The van der Waals surface area contributed by atoms with Crippen LogP contribution >= 0.6 is 11.3 Å². The molecule has 6 nitrogen and oxygen atoms in total. The van der Waals surface area contributed by atoms with Crippen molar-refractivity contribution in [2.24, 2.45) is 5.73 Å². The molecule has 2 rings (SSSR count). The number of rotatable bonds is 4. The highest BCUT2D eigenvalue weighted by molar-refractivity contribution is 7.12. The minimum absolute atomic E-state index is 0.0986. The van der Waals surface area contributed by atoms with Gasteiger partial charge in [-0.2, -0.15) is 5.10 Å². The molecule has 20 heavy (non-hydrogen) atoms. The van der Waals surface area contributed by atoms with Crippen molar-refractivity contribution in [1.82, 2.24) is 20.1 Å². The molecule has 0 aromatic carbocycles. The van der Waals surface area contributed by atoms with Crippen molar-refractivity contribution in [3.05, 3.63) is 34.5 Å². The smallest absolute Gasteiger partial charge is 0.244 e. The van der Waals surface area contributed by atoms with Crippen LogP contribution in [0.1, 0.15) is 22.7 Å².